The van der Waals surface area contributed by atoms with E-state index >= 15 is 0 Å². The Labute approximate surface area is 119 Å². The lowest BCUT2D eigenvalue weighted by Gasteiger charge is -2.24. The van der Waals surface area contributed by atoms with E-state index in [1.807, 2.05) is 29.2 Å². The summed E-state index contributed by atoms with van der Waals surface area (Å²) in [6.45, 7) is 3.37. The quantitative estimate of drug-likeness (QED) is 0.839. The van der Waals surface area contributed by atoms with Crippen LogP contribution in [0.25, 0.3) is 0 Å². The van der Waals surface area contributed by atoms with Crippen LogP contribution in [0.3, 0.4) is 0 Å². The van der Waals surface area contributed by atoms with E-state index in [1.165, 1.54) is 12.8 Å². The molecule has 3 heterocycles. The van der Waals surface area contributed by atoms with Crippen LogP contribution >= 0.6 is 0 Å². The molecule has 2 fully saturated rings. The van der Waals surface area contributed by atoms with Crippen LogP contribution in [0.1, 0.15) is 24.3 Å². The summed E-state index contributed by atoms with van der Waals surface area (Å²) in [6.07, 6.45) is 2.48. The molecule has 1 aromatic carbocycles. The van der Waals surface area contributed by atoms with Crippen LogP contribution < -0.4 is 10.1 Å². The van der Waals surface area contributed by atoms with Gasteiger partial charge >= 0.3 is 0 Å². The maximum Gasteiger partial charge on any atom is 0.233 e. The Kier molecular flexibility index (Phi) is 2.91. The summed E-state index contributed by atoms with van der Waals surface area (Å²) in [7, 11) is 0. The molecule has 4 rings (SSSR count). The number of carbonyl (C=O) groups is 1. The van der Waals surface area contributed by atoms with E-state index in [1.54, 1.807) is 0 Å². The van der Waals surface area contributed by atoms with Crippen molar-refractivity contribution in [2.75, 3.05) is 26.2 Å². The van der Waals surface area contributed by atoms with Crippen LogP contribution in [0.15, 0.2) is 24.3 Å². The summed E-state index contributed by atoms with van der Waals surface area (Å²) < 4.78 is 5.65. The molecule has 1 unspecified atom stereocenters. The molecule has 0 saturated carbocycles. The van der Waals surface area contributed by atoms with Gasteiger partial charge in [-0.15, -0.1) is 0 Å². The van der Waals surface area contributed by atoms with Gasteiger partial charge in [0.25, 0.3) is 0 Å². The first kappa shape index (κ1) is 12.2. The lowest BCUT2D eigenvalue weighted by Crippen LogP contribution is -2.41. The monoisotopic (exact) mass is 272 g/mol. The molecule has 1 aromatic rings. The lowest BCUT2D eigenvalue weighted by atomic mass is 9.94. The van der Waals surface area contributed by atoms with E-state index in [9.17, 15) is 4.79 Å². The second-order valence-corrected chi connectivity index (χ2v) is 6.11. The first-order chi connectivity index (χ1) is 9.83. The lowest BCUT2D eigenvalue weighted by molar-refractivity contribution is -0.132. The van der Waals surface area contributed by atoms with Crippen LogP contribution in [-0.4, -0.2) is 43.1 Å². The summed E-state index contributed by atoms with van der Waals surface area (Å²) in [5, 5.41) is 3.55. The SMILES string of the molecule is O=C(C1COc2ccccc21)N1C[C@@H]2CCCN[C@@H]2C1. The highest BCUT2D eigenvalue weighted by Gasteiger charge is 2.40. The second-order valence-electron chi connectivity index (χ2n) is 6.11. The van der Waals surface area contributed by atoms with Crippen LogP contribution in [0.5, 0.6) is 5.75 Å². The number of amides is 1. The molecule has 0 radical (unpaired) electrons. The molecule has 1 N–H and O–H groups in total. The predicted molar refractivity (Wildman–Crippen MR) is 75.8 cm³/mol. The molecule has 20 heavy (non-hydrogen) atoms. The number of hydrogen-bond acceptors (Lipinski definition) is 3. The minimum Gasteiger partial charge on any atom is -0.492 e. The van der Waals surface area contributed by atoms with Gasteiger partial charge in [-0.25, -0.2) is 0 Å². The second kappa shape index (κ2) is 4.77. The summed E-state index contributed by atoms with van der Waals surface area (Å²) in [6, 6.07) is 8.42. The van der Waals surface area contributed by atoms with Crippen molar-refractivity contribution in [2.45, 2.75) is 24.8 Å². The molecule has 1 amide bonds. The number of carbonyl (C=O) groups excluding carboxylic acids is 1. The average Bonchev–Trinajstić information content (AvgIpc) is 3.10. The Bertz CT molecular complexity index is 517. The highest BCUT2D eigenvalue weighted by atomic mass is 16.5. The molecule has 4 heteroatoms. The third-order valence-electron chi connectivity index (χ3n) is 4.91. The summed E-state index contributed by atoms with van der Waals surface area (Å²) >= 11 is 0. The van der Waals surface area contributed by atoms with E-state index in [0.717, 1.165) is 30.9 Å². The highest BCUT2D eigenvalue weighted by Crippen LogP contribution is 2.36. The van der Waals surface area contributed by atoms with Crippen LogP contribution in [0.2, 0.25) is 0 Å². The topological polar surface area (TPSA) is 41.6 Å². The zero-order chi connectivity index (χ0) is 13.5. The minimum absolute atomic E-state index is 0.105. The summed E-state index contributed by atoms with van der Waals surface area (Å²) in [5.74, 6) is 1.66. The maximum absolute atomic E-state index is 12.8. The molecule has 2 saturated heterocycles. The number of ether oxygens (including phenoxy) is 1. The fourth-order valence-corrected chi connectivity index (χ4v) is 3.81. The van der Waals surface area contributed by atoms with Crippen LogP contribution in [-0.2, 0) is 4.79 Å². The molecule has 4 nitrogen and oxygen atoms in total. The summed E-state index contributed by atoms with van der Waals surface area (Å²) in [4.78, 5) is 14.8. The van der Waals surface area contributed by atoms with Gasteiger partial charge in [0.05, 0.1) is 0 Å². The van der Waals surface area contributed by atoms with Gasteiger partial charge in [-0.1, -0.05) is 18.2 Å². The molecule has 0 bridgehead atoms. The van der Waals surface area contributed by atoms with Gasteiger partial charge in [0, 0.05) is 24.7 Å². The van der Waals surface area contributed by atoms with E-state index in [4.69, 9.17) is 4.74 Å². The Balaban J connectivity index is 1.51. The van der Waals surface area contributed by atoms with Gasteiger partial charge in [-0.05, 0) is 31.4 Å². The predicted octanol–water partition coefficient (Wildman–Crippen LogP) is 1.37. The van der Waals surface area contributed by atoms with E-state index in [0.29, 0.717) is 18.6 Å². The molecule has 3 aliphatic heterocycles. The average molecular weight is 272 g/mol. The molecular formula is C16H20N2O2. The number of likely N-dealkylation sites (tertiary alicyclic amines) is 1. The van der Waals surface area contributed by atoms with E-state index in [2.05, 4.69) is 5.32 Å². The van der Waals surface area contributed by atoms with Crippen molar-refractivity contribution in [3.05, 3.63) is 29.8 Å². The Hall–Kier alpha value is -1.55. The molecule has 3 atom stereocenters. The number of nitrogens with zero attached hydrogens (tertiary/aromatic N) is 1. The van der Waals surface area contributed by atoms with E-state index < -0.39 is 0 Å². The molecule has 106 valence electrons. The number of fused-ring (bicyclic) bond motifs is 2. The van der Waals surface area contributed by atoms with Crippen molar-refractivity contribution >= 4 is 5.91 Å². The third kappa shape index (κ3) is 1.90. The van der Waals surface area contributed by atoms with Crippen LogP contribution in [0, 0.1) is 5.92 Å². The standard InChI is InChI=1S/C16H20N2O2/c19-16(13-10-20-15-6-2-1-5-12(13)15)18-8-11-4-3-7-17-14(11)9-18/h1-2,5-6,11,13-14,17H,3-4,7-10H2/t11-,13?,14+/m0/s1. The molecule has 3 aliphatic rings. The number of nitrogens with one attached hydrogen (secondary N) is 1. The van der Waals surface area contributed by atoms with Crippen molar-refractivity contribution in [2.24, 2.45) is 5.92 Å². The molecular weight excluding hydrogens is 252 g/mol. The van der Waals surface area contributed by atoms with Crippen molar-refractivity contribution in [1.82, 2.24) is 10.2 Å². The maximum atomic E-state index is 12.8. The zero-order valence-electron chi connectivity index (χ0n) is 11.5. The number of hydrogen-bond donors (Lipinski definition) is 1. The molecule has 0 aromatic heterocycles. The molecule has 0 spiro atoms. The molecule has 0 aliphatic carbocycles. The van der Waals surface area contributed by atoms with Crippen LogP contribution in [0.4, 0.5) is 0 Å². The van der Waals surface area contributed by atoms with Crippen molar-refractivity contribution in [1.29, 1.82) is 0 Å². The third-order valence-corrected chi connectivity index (χ3v) is 4.91. The zero-order valence-corrected chi connectivity index (χ0v) is 11.5. The Morgan fingerprint density at radius 3 is 3.10 bits per heavy atom. The van der Waals surface area contributed by atoms with E-state index in [-0.39, 0.29) is 11.8 Å². The fraction of sp³-hybridized carbons (Fsp3) is 0.562. The van der Waals surface area contributed by atoms with Crippen molar-refractivity contribution in [3.63, 3.8) is 0 Å². The number of piperidine rings is 1. The summed E-state index contributed by atoms with van der Waals surface area (Å²) in [5.41, 5.74) is 1.06. The highest BCUT2D eigenvalue weighted by molar-refractivity contribution is 5.86. The first-order valence-corrected chi connectivity index (χ1v) is 7.57. The van der Waals surface area contributed by atoms with Gasteiger partial charge < -0.3 is 15.0 Å². The van der Waals surface area contributed by atoms with Gasteiger partial charge in [0.1, 0.15) is 18.3 Å². The Morgan fingerprint density at radius 1 is 1.30 bits per heavy atom. The van der Waals surface area contributed by atoms with Gasteiger partial charge in [0.15, 0.2) is 0 Å². The van der Waals surface area contributed by atoms with Gasteiger partial charge in [0.2, 0.25) is 5.91 Å². The largest absolute Gasteiger partial charge is 0.492 e. The smallest absolute Gasteiger partial charge is 0.233 e. The fourth-order valence-electron chi connectivity index (χ4n) is 3.81. The van der Waals surface area contributed by atoms with Crippen molar-refractivity contribution < 1.29 is 9.53 Å². The number of benzene rings is 1. The van der Waals surface area contributed by atoms with Crippen molar-refractivity contribution in [3.8, 4) is 5.75 Å². The van der Waals surface area contributed by atoms with Gasteiger partial charge in [-0.2, -0.15) is 0 Å². The normalized spacial score (nSPS) is 31.6. The minimum atomic E-state index is -0.105. The number of para-hydroxylation sites is 1. The van der Waals surface area contributed by atoms with Gasteiger partial charge in [-0.3, -0.25) is 4.79 Å². The number of rotatable bonds is 1. The Morgan fingerprint density at radius 2 is 2.20 bits per heavy atom. The first-order valence-electron chi connectivity index (χ1n) is 7.57.